The molecule has 0 amide bonds. The molecular weight excluding hydrogens is 388 g/mol. The molecule has 31 heavy (non-hydrogen) atoms. The molecule has 4 fully saturated rings. The van der Waals surface area contributed by atoms with Crippen LogP contribution in [0.4, 0.5) is 0 Å². The fourth-order valence-electron chi connectivity index (χ4n) is 8.61. The summed E-state index contributed by atoms with van der Waals surface area (Å²) in [7, 11) is 4.18. The average molecular weight is 437 g/mol. The van der Waals surface area contributed by atoms with E-state index >= 15 is 0 Å². The minimum Gasteiger partial charge on any atom is -0.393 e. The van der Waals surface area contributed by atoms with Crippen molar-refractivity contribution in [2.45, 2.75) is 96.2 Å². The number of aliphatic hydroxyl groups is 2. The maximum atomic E-state index is 12.2. The van der Waals surface area contributed by atoms with Crippen LogP contribution in [0.15, 0.2) is 0 Å². The fourth-order valence-corrected chi connectivity index (χ4v) is 8.61. The standard InChI is InChI=1S/C26H48N2O3/c1-24-12-9-21(29)18-20(24)6-7-23-22(24)10-13-25(2)19(8-14-26(23,25)30)11-15-27-31-17-5-16-28(3)4/h19-23,27,29-30H,5-18H2,1-4H3/t19-,20?,21?,22+,23-,24+,25-,26-/m1/s1. The van der Waals surface area contributed by atoms with Gasteiger partial charge in [0.1, 0.15) is 0 Å². The quantitative estimate of drug-likeness (QED) is 0.397. The summed E-state index contributed by atoms with van der Waals surface area (Å²) in [5, 5.41) is 22.5. The van der Waals surface area contributed by atoms with Crippen LogP contribution in [0.2, 0.25) is 0 Å². The highest BCUT2D eigenvalue weighted by molar-refractivity contribution is 5.16. The predicted octanol–water partition coefficient (Wildman–Crippen LogP) is 3.98. The Morgan fingerprint density at radius 1 is 1.00 bits per heavy atom. The second-order valence-corrected chi connectivity index (χ2v) is 12.2. The molecule has 0 aliphatic heterocycles. The molecule has 3 N–H and O–H groups in total. The minimum absolute atomic E-state index is 0.0398. The van der Waals surface area contributed by atoms with Crippen LogP contribution in [0.5, 0.6) is 0 Å². The Labute approximate surface area is 190 Å². The Bertz CT molecular complexity index is 615. The summed E-state index contributed by atoms with van der Waals surface area (Å²) in [4.78, 5) is 7.83. The normalized spacial score (nSPS) is 47.1. The van der Waals surface area contributed by atoms with E-state index in [1.54, 1.807) is 0 Å². The van der Waals surface area contributed by atoms with E-state index < -0.39 is 5.60 Å². The van der Waals surface area contributed by atoms with Gasteiger partial charge in [-0.1, -0.05) is 13.8 Å². The Morgan fingerprint density at radius 3 is 2.58 bits per heavy atom. The van der Waals surface area contributed by atoms with E-state index in [1.807, 2.05) is 0 Å². The Kier molecular flexibility index (Phi) is 7.11. The number of nitrogens with one attached hydrogen (secondary N) is 1. The number of rotatable bonds is 8. The summed E-state index contributed by atoms with van der Waals surface area (Å²) in [5.74, 6) is 2.31. The summed E-state index contributed by atoms with van der Waals surface area (Å²) in [6.07, 6.45) is 12.0. The van der Waals surface area contributed by atoms with Crippen LogP contribution < -0.4 is 5.48 Å². The van der Waals surface area contributed by atoms with Gasteiger partial charge in [-0.15, -0.1) is 0 Å². The van der Waals surface area contributed by atoms with Crippen molar-refractivity contribution in [1.29, 1.82) is 0 Å². The Morgan fingerprint density at radius 2 is 1.81 bits per heavy atom. The van der Waals surface area contributed by atoms with Crippen LogP contribution in [-0.2, 0) is 4.84 Å². The van der Waals surface area contributed by atoms with E-state index in [0.717, 1.165) is 77.5 Å². The van der Waals surface area contributed by atoms with Gasteiger partial charge in [0.25, 0.3) is 0 Å². The van der Waals surface area contributed by atoms with Crippen molar-refractivity contribution in [1.82, 2.24) is 10.4 Å². The third kappa shape index (κ3) is 4.23. The molecule has 4 aliphatic carbocycles. The van der Waals surface area contributed by atoms with Crippen molar-refractivity contribution in [3.8, 4) is 0 Å². The molecule has 0 aromatic rings. The van der Waals surface area contributed by atoms with Crippen LogP contribution in [0.1, 0.15) is 84.5 Å². The van der Waals surface area contributed by atoms with Gasteiger partial charge >= 0.3 is 0 Å². The molecular formula is C26H48N2O3. The van der Waals surface area contributed by atoms with Crippen LogP contribution in [-0.4, -0.2) is 60.6 Å². The molecule has 0 radical (unpaired) electrons. The second-order valence-electron chi connectivity index (χ2n) is 12.2. The van der Waals surface area contributed by atoms with Gasteiger partial charge in [0.2, 0.25) is 0 Å². The zero-order valence-corrected chi connectivity index (χ0v) is 20.5. The highest BCUT2D eigenvalue weighted by atomic mass is 16.6. The molecule has 0 aromatic carbocycles. The van der Waals surface area contributed by atoms with Crippen LogP contribution in [0.3, 0.4) is 0 Å². The molecule has 0 heterocycles. The summed E-state index contributed by atoms with van der Waals surface area (Å²) in [6.45, 7) is 7.58. The molecule has 0 aromatic heterocycles. The Balaban J connectivity index is 1.35. The van der Waals surface area contributed by atoms with Crippen molar-refractivity contribution in [2.75, 3.05) is 33.8 Å². The summed E-state index contributed by atoms with van der Waals surface area (Å²) in [6, 6.07) is 0. The van der Waals surface area contributed by atoms with Gasteiger partial charge < -0.3 is 20.0 Å². The molecule has 2 unspecified atom stereocenters. The van der Waals surface area contributed by atoms with Crippen LogP contribution in [0.25, 0.3) is 0 Å². The minimum atomic E-state index is -0.503. The highest BCUT2D eigenvalue weighted by Crippen LogP contribution is 2.69. The zero-order chi connectivity index (χ0) is 22.3. The molecule has 0 bridgehead atoms. The maximum absolute atomic E-state index is 12.2. The lowest BCUT2D eigenvalue weighted by Gasteiger charge is -2.63. The molecule has 5 heteroatoms. The molecule has 4 aliphatic rings. The zero-order valence-electron chi connectivity index (χ0n) is 20.5. The molecule has 180 valence electrons. The van der Waals surface area contributed by atoms with Gasteiger partial charge in [-0.2, -0.15) is 0 Å². The van der Waals surface area contributed by atoms with E-state index in [2.05, 4.69) is 38.3 Å². The lowest BCUT2D eigenvalue weighted by Crippen LogP contribution is -2.62. The highest BCUT2D eigenvalue weighted by Gasteiger charge is 2.66. The molecule has 4 rings (SSSR count). The predicted molar refractivity (Wildman–Crippen MR) is 124 cm³/mol. The van der Waals surface area contributed by atoms with Gasteiger partial charge in [0.05, 0.1) is 18.3 Å². The molecule has 4 saturated carbocycles. The van der Waals surface area contributed by atoms with Crippen molar-refractivity contribution >= 4 is 0 Å². The van der Waals surface area contributed by atoms with Gasteiger partial charge in [0, 0.05) is 6.54 Å². The lowest BCUT2D eigenvalue weighted by molar-refractivity contribution is -0.210. The van der Waals surface area contributed by atoms with Crippen molar-refractivity contribution in [3.05, 3.63) is 0 Å². The van der Waals surface area contributed by atoms with E-state index in [4.69, 9.17) is 4.84 Å². The fraction of sp³-hybridized carbons (Fsp3) is 1.00. The number of hydrogen-bond acceptors (Lipinski definition) is 5. The van der Waals surface area contributed by atoms with Gasteiger partial charge in [0.15, 0.2) is 0 Å². The smallest absolute Gasteiger partial charge is 0.0734 e. The SMILES string of the molecule is CN(C)CCCONCC[C@H]1CC[C@@]2(O)[C@@H]3CCC4CC(O)CC[C@]4(C)[C@H]3CC[C@]12C. The molecule has 8 atom stereocenters. The van der Waals surface area contributed by atoms with Crippen LogP contribution >= 0.6 is 0 Å². The third-order valence-electron chi connectivity index (χ3n) is 10.6. The lowest BCUT2D eigenvalue weighted by atomic mass is 9.43. The molecule has 5 nitrogen and oxygen atoms in total. The number of hydroxylamine groups is 1. The van der Waals surface area contributed by atoms with E-state index in [1.165, 1.54) is 12.8 Å². The number of hydrogen-bond donors (Lipinski definition) is 3. The summed E-state index contributed by atoms with van der Waals surface area (Å²) in [5.41, 5.74) is 3.05. The first kappa shape index (κ1) is 23.9. The monoisotopic (exact) mass is 436 g/mol. The first-order valence-corrected chi connectivity index (χ1v) is 13.1. The van der Waals surface area contributed by atoms with E-state index in [0.29, 0.717) is 29.1 Å². The largest absolute Gasteiger partial charge is 0.393 e. The summed E-state index contributed by atoms with van der Waals surface area (Å²) >= 11 is 0. The van der Waals surface area contributed by atoms with Gasteiger partial charge in [-0.3, -0.25) is 0 Å². The number of fused-ring (bicyclic) bond motifs is 5. The third-order valence-corrected chi connectivity index (χ3v) is 10.6. The van der Waals surface area contributed by atoms with Crippen molar-refractivity contribution in [2.24, 2.45) is 34.5 Å². The van der Waals surface area contributed by atoms with E-state index in [-0.39, 0.29) is 11.5 Å². The van der Waals surface area contributed by atoms with Crippen LogP contribution in [0, 0.1) is 34.5 Å². The van der Waals surface area contributed by atoms with Crippen molar-refractivity contribution < 1.29 is 15.1 Å². The maximum Gasteiger partial charge on any atom is 0.0734 e. The first-order valence-electron chi connectivity index (χ1n) is 13.1. The Hall–Kier alpha value is -0.200. The second kappa shape index (κ2) is 9.21. The topological polar surface area (TPSA) is 65.0 Å². The molecule has 0 saturated heterocycles. The number of nitrogens with zero attached hydrogens (tertiary/aromatic N) is 1. The molecule has 0 spiro atoms. The first-order chi connectivity index (χ1) is 14.7. The van der Waals surface area contributed by atoms with Gasteiger partial charge in [-0.05, 0) is 126 Å². The van der Waals surface area contributed by atoms with Crippen molar-refractivity contribution in [3.63, 3.8) is 0 Å². The summed E-state index contributed by atoms with van der Waals surface area (Å²) < 4.78 is 0. The number of aliphatic hydroxyl groups excluding tert-OH is 1. The van der Waals surface area contributed by atoms with E-state index in [9.17, 15) is 10.2 Å². The van der Waals surface area contributed by atoms with Gasteiger partial charge in [-0.25, -0.2) is 5.48 Å². The average Bonchev–Trinajstić information content (AvgIpc) is 2.99.